The highest BCUT2D eigenvalue weighted by Crippen LogP contribution is 2.38. The van der Waals surface area contributed by atoms with Gasteiger partial charge in [0.2, 0.25) is 0 Å². The number of H-pyrrole nitrogens is 1. The van der Waals surface area contributed by atoms with E-state index in [-0.39, 0.29) is 5.41 Å². The largest absolute Gasteiger partial charge is 0.361 e. The van der Waals surface area contributed by atoms with Crippen molar-refractivity contribution in [1.29, 1.82) is 0 Å². The van der Waals surface area contributed by atoms with E-state index in [1.54, 1.807) is 0 Å². The van der Waals surface area contributed by atoms with Crippen molar-refractivity contribution in [3.63, 3.8) is 0 Å². The maximum absolute atomic E-state index is 6.16. The highest BCUT2D eigenvalue weighted by atomic mass is 15.1. The van der Waals surface area contributed by atoms with Crippen LogP contribution in [0.2, 0.25) is 0 Å². The summed E-state index contributed by atoms with van der Waals surface area (Å²) in [5.74, 6) is 0. The molecule has 0 atom stereocenters. The first kappa shape index (κ1) is 12.7. The third-order valence-electron chi connectivity index (χ3n) is 4.74. The molecule has 1 aliphatic rings. The summed E-state index contributed by atoms with van der Waals surface area (Å²) >= 11 is 0. The van der Waals surface area contributed by atoms with Gasteiger partial charge in [0, 0.05) is 29.1 Å². The quantitative estimate of drug-likeness (QED) is 0.867. The Bertz CT molecular complexity index is 577. The standard InChI is InChI=1S/C16H23N3/c1-12-3-4-13-14(10-18-15(13)9-12)16(11-17)5-7-19(2)8-6-16/h3-4,9-10,18H,5-8,11,17H2,1-2H3. The first-order valence-corrected chi connectivity index (χ1v) is 7.11. The summed E-state index contributed by atoms with van der Waals surface area (Å²) in [6.07, 6.45) is 4.49. The predicted octanol–water partition coefficient (Wildman–Crippen LogP) is 2.40. The first-order chi connectivity index (χ1) is 9.14. The summed E-state index contributed by atoms with van der Waals surface area (Å²) in [7, 11) is 2.19. The van der Waals surface area contributed by atoms with Gasteiger partial charge in [0.05, 0.1) is 0 Å². The van der Waals surface area contributed by atoms with Gasteiger partial charge in [0.25, 0.3) is 0 Å². The third kappa shape index (κ3) is 2.07. The van der Waals surface area contributed by atoms with Crippen LogP contribution in [-0.4, -0.2) is 36.6 Å². The molecule has 2 aromatic rings. The summed E-state index contributed by atoms with van der Waals surface area (Å²) < 4.78 is 0. The molecule has 0 bridgehead atoms. The van der Waals surface area contributed by atoms with E-state index in [2.05, 4.69) is 48.3 Å². The number of nitrogens with two attached hydrogens (primary N) is 1. The maximum Gasteiger partial charge on any atom is 0.0459 e. The lowest BCUT2D eigenvalue weighted by Gasteiger charge is -2.40. The minimum absolute atomic E-state index is 0.153. The van der Waals surface area contributed by atoms with Gasteiger partial charge in [-0.2, -0.15) is 0 Å². The summed E-state index contributed by atoms with van der Waals surface area (Å²) in [5.41, 5.74) is 10.3. The summed E-state index contributed by atoms with van der Waals surface area (Å²) in [6.45, 7) is 5.14. The van der Waals surface area contributed by atoms with Crippen molar-refractivity contribution in [1.82, 2.24) is 9.88 Å². The third-order valence-corrected chi connectivity index (χ3v) is 4.74. The maximum atomic E-state index is 6.16. The van der Waals surface area contributed by atoms with Gasteiger partial charge in [-0.05, 0) is 57.1 Å². The Labute approximate surface area is 114 Å². The Hall–Kier alpha value is -1.32. The number of nitrogens with one attached hydrogen (secondary N) is 1. The van der Waals surface area contributed by atoms with Gasteiger partial charge in [-0.3, -0.25) is 0 Å². The lowest BCUT2D eigenvalue weighted by Crippen LogP contribution is -2.45. The van der Waals surface area contributed by atoms with E-state index in [1.807, 2.05) is 0 Å². The van der Waals surface area contributed by atoms with Crippen molar-refractivity contribution in [2.75, 3.05) is 26.7 Å². The average molecular weight is 257 g/mol. The van der Waals surface area contributed by atoms with E-state index in [0.717, 1.165) is 32.5 Å². The van der Waals surface area contributed by atoms with Crippen LogP contribution in [0.3, 0.4) is 0 Å². The molecule has 0 saturated carbocycles. The van der Waals surface area contributed by atoms with Gasteiger partial charge in [-0.1, -0.05) is 12.1 Å². The predicted molar refractivity (Wildman–Crippen MR) is 80.5 cm³/mol. The molecule has 19 heavy (non-hydrogen) atoms. The molecule has 102 valence electrons. The number of piperidine rings is 1. The fourth-order valence-electron chi connectivity index (χ4n) is 3.31. The second-order valence-corrected chi connectivity index (χ2v) is 6.04. The molecule has 1 aliphatic heterocycles. The molecule has 2 heterocycles. The van der Waals surface area contributed by atoms with E-state index < -0.39 is 0 Å². The van der Waals surface area contributed by atoms with Crippen LogP contribution < -0.4 is 5.73 Å². The van der Waals surface area contributed by atoms with Gasteiger partial charge in [-0.25, -0.2) is 0 Å². The van der Waals surface area contributed by atoms with Crippen LogP contribution in [0.4, 0.5) is 0 Å². The van der Waals surface area contributed by atoms with Crippen LogP contribution in [0.15, 0.2) is 24.4 Å². The molecule has 3 rings (SSSR count). The highest BCUT2D eigenvalue weighted by Gasteiger charge is 2.35. The minimum atomic E-state index is 0.153. The second-order valence-electron chi connectivity index (χ2n) is 6.04. The van der Waals surface area contributed by atoms with Crippen molar-refractivity contribution >= 4 is 10.9 Å². The molecule has 0 amide bonds. The van der Waals surface area contributed by atoms with Gasteiger partial charge in [0.1, 0.15) is 0 Å². The Morgan fingerprint density at radius 2 is 2.05 bits per heavy atom. The molecule has 0 aliphatic carbocycles. The molecule has 1 saturated heterocycles. The zero-order valence-corrected chi connectivity index (χ0v) is 11.9. The SMILES string of the molecule is Cc1ccc2c(C3(CN)CCN(C)CC3)c[nH]c2c1. The van der Waals surface area contributed by atoms with Crippen LogP contribution in [0, 0.1) is 6.92 Å². The molecular formula is C16H23N3. The molecule has 0 unspecified atom stereocenters. The summed E-state index contributed by atoms with van der Waals surface area (Å²) in [6, 6.07) is 6.66. The van der Waals surface area contributed by atoms with Crippen LogP contribution in [0.5, 0.6) is 0 Å². The molecule has 1 aromatic heterocycles. The minimum Gasteiger partial charge on any atom is -0.361 e. The van der Waals surface area contributed by atoms with Crippen LogP contribution in [0.25, 0.3) is 10.9 Å². The van der Waals surface area contributed by atoms with Crippen LogP contribution in [-0.2, 0) is 5.41 Å². The van der Waals surface area contributed by atoms with Crippen molar-refractivity contribution < 1.29 is 0 Å². The van der Waals surface area contributed by atoms with E-state index in [9.17, 15) is 0 Å². The van der Waals surface area contributed by atoms with Crippen LogP contribution in [0.1, 0.15) is 24.0 Å². The summed E-state index contributed by atoms with van der Waals surface area (Å²) in [5, 5.41) is 1.35. The Kier molecular flexibility index (Phi) is 3.11. The number of aryl methyl sites for hydroxylation is 1. The van der Waals surface area contributed by atoms with Gasteiger partial charge < -0.3 is 15.6 Å². The van der Waals surface area contributed by atoms with Crippen molar-refractivity contribution in [3.05, 3.63) is 35.5 Å². The molecule has 3 nitrogen and oxygen atoms in total. The lowest BCUT2D eigenvalue weighted by atomic mass is 9.73. The van der Waals surface area contributed by atoms with Gasteiger partial charge in [-0.15, -0.1) is 0 Å². The Morgan fingerprint density at radius 3 is 2.74 bits per heavy atom. The van der Waals surface area contributed by atoms with Crippen molar-refractivity contribution in [2.45, 2.75) is 25.2 Å². The first-order valence-electron chi connectivity index (χ1n) is 7.11. The molecule has 1 aromatic carbocycles. The number of benzene rings is 1. The zero-order chi connectivity index (χ0) is 13.5. The number of hydrogen-bond acceptors (Lipinski definition) is 2. The molecule has 0 radical (unpaired) electrons. The number of fused-ring (bicyclic) bond motifs is 1. The second kappa shape index (κ2) is 4.66. The fourth-order valence-corrected chi connectivity index (χ4v) is 3.31. The monoisotopic (exact) mass is 257 g/mol. The number of aromatic nitrogens is 1. The number of likely N-dealkylation sites (tertiary alicyclic amines) is 1. The number of rotatable bonds is 2. The smallest absolute Gasteiger partial charge is 0.0459 e. The Balaban J connectivity index is 2.06. The van der Waals surface area contributed by atoms with Gasteiger partial charge in [0.15, 0.2) is 0 Å². The fraction of sp³-hybridized carbons (Fsp3) is 0.500. The van der Waals surface area contributed by atoms with E-state index >= 15 is 0 Å². The number of aromatic amines is 1. The topological polar surface area (TPSA) is 45.0 Å². The molecular weight excluding hydrogens is 234 g/mol. The molecule has 3 heteroatoms. The molecule has 3 N–H and O–H groups in total. The Morgan fingerprint density at radius 1 is 1.32 bits per heavy atom. The highest BCUT2D eigenvalue weighted by molar-refractivity contribution is 5.85. The van der Waals surface area contributed by atoms with Crippen molar-refractivity contribution in [3.8, 4) is 0 Å². The van der Waals surface area contributed by atoms with Gasteiger partial charge >= 0.3 is 0 Å². The molecule has 1 fully saturated rings. The average Bonchev–Trinajstić information content (AvgIpc) is 2.83. The number of hydrogen-bond donors (Lipinski definition) is 2. The van der Waals surface area contributed by atoms with Crippen LogP contribution >= 0.6 is 0 Å². The lowest BCUT2D eigenvalue weighted by molar-refractivity contribution is 0.193. The van der Waals surface area contributed by atoms with E-state index in [1.165, 1.54) is 22.0 Å². The van der Waals surface area contributed by atoms with E-state index in [0.29, 0.717) is 0 Å². The number of nitrogens with zero attached hydrogens (tertiary/aromatic N) is 1. The normalized spacial score (nSPS) is 19.9. The molecule has 0 spiro atoms. The summed E-state index contributed by atoms with van der Waals surface area (Å²) in [4.78, 5) is 5.82. The van der Waals surface area contributed by atoms with E-state index in [4.69, 9.17) is 5.73 Å². The van der Waals surface area contributed by atoms with Crippen molar-refractivity contribution in [2.24, 2.45) is 5.73 Å². The zero-order valence-electron chi connectivity index (χ0n) is 11.9.